The van der Waals surface area contributed by atoms with Gasteiger partial charge in [-0.2, -0.15) is 0 Å². The van der Waals surface area contributed by atoms with Gasteiger partial charge in [0.05, 0.1) is 31.0 Å². The van der Waals surface area contributed by atoms with Crippen molar-refractivity contribution in [1.82, 2.24) is 10.3 Å². The number of aromatic nitrogens is 1. The zero-order valence-electron chi connectivity index (χ0n) is 12.8. The van der Waals surface area contributed by atoms with Crippen molar-refractivity contribution in [3.05, 3.63) is 37.7 Å². The number of rotatable bonds is 5. The Balaban J connectivity index is 2.57. The molecule has 114 valence electrons. The third kappa shape index (κ3) is 3.07. The molecule has 2 rings (SSSR count). The van der Waals surface area contributed by atoms with E-state index in [1.165, 1.54) is 4.88 Å². The van der Waals surface area contributed by atoms with Crippen molar-refractivity contribution in [3.63, 3.8) is 0 Å². The summed E-state index contributed by atoms with van der Waals surface area (Å²) in [5.74, 6) is 1.53. The second kappa shape index (κ2) is 6.77. The number of hydrogen-bond acceptors (Lipinski definition) is 5. The minimum absolute atomic E-state index is 0.0355. The summed E-state index contributed by atoms with van der Waals surface area (Å²) in [6, 6.07) is 4.00. The number of benzene rings is 1. The lowest BCUT2D eigenvalue weighted by Gasteiger charge is -2.20. The molecular weight excluding hydrogens is 352 g/mol. The van der Waals surface area contributed by atoms with Crippen LogP contribution in [-0.4, -0.2) is 26.3 Å². The lowest BCUT2D eigenvalue weighted by Crippen LogP contribution is -2.18. The molecule has 21 heavy (non-hydrogen) atoms. The molecule has 0 amide bonds. The molecule has 2 aromatic rings. The van der Waals surface area contributed by atoms with Gasteiger partial charge >= 0.3 is 0 Å². The highest BCUT2D eigenvalue weighted by molar-refractivity contribution is 9.10. The van der Waals surface area contributed by atoms with E-state index in [0.29, 0.717) is 0 Å². The number of nitrogens with one attached hydrogen (secondary N) is 1. The predicted octanol–water partition coefficient (Wildman–Crippen LogP) is 3.85. The predicted molar refractivity (Wildman–Crippen MR) is 89.7 cm³/mol. The summed E-state index contributed by atoms with van der Waals surface area (Å²) in [5, 5.41) is 4.42. The Morgan fingerprint density at radius 1 is 1.24 bits per heavy atom. The van der Waals surface area contributed by atoms with Crippen LogP contribution in [0.3, 0.4) is 0 Å². The Labute approximate surface area is 137 Å². The van der Waals surface area contributed by atoms with Crippen molar-refractivity contribution in [2.24, 2.45) is 0 Å². The molecule has 0 aliphatic carbocycles. The first-order chi connectivity index (χ1) is 10.0. The van der Waals surface area contributed by atoms with Crippen LogP contribution >= 0.6 is 27.3 Å². The molecule has 0 radical (unpaired) electrons. The summed E-state index contributed by atoms with van der Waals surface area (Å²) in [5.41, 5.74) is 2.10. The largest absolute Gasteiger partial charge is 0.495 e. The molecule has 1 heterocycles. The van der Waals surface area contributed by atoms with Gasteiger partial charge in [0.2, 0.25) is 0 Å². The van der Waals surface area contributed by atoms with Crippen LogP contribution in [0.15, 0.2) is 16.6 Å². The second-order valence-corrected chi connectivity index (χ2v) is 6.64. The highest BCUT2D eigenvalue weighted by atomic mass is 79.9. The number of aryl methyl sites for hydroxylation is 2. The van der Waals surface area contributed by atoms with Gasteiger partial charge in [-0.15, -0.1) is 11.3 Å². The first-order valence-corrected chi connectivity index (χ1v) is 8.16. The maximum absolute atomic E-state index is 5.59. The zero-order valence-corrected chi connectivity index (χ0v) is 15.2. The smallest absolute Gasteiger partial charge is 0.141 e. The molecule has 1 unspecified atom stereocenters. The van der Waals surface area contributed by atoms with Gasteiger partial charge in [-0.1, -0.05) is 0 Å². The lowest BCUT2D eigenvalue weighted by atomic mass is 10.0. The van der Waals surface area contributed by atoms with Crippen LogP contribution in [0.5, 0.6) is 11.5 Å². The number of ether oxygens (including phenoxy) is 2. The van der Waals surface area contributed by atoms with Gasteiger partial charge in [0, 0.05) is 10.4 Å². The molecule has 0 saturated heterocycles. The van der Waals surface area contributed by atoms with E-state index in [1.807, 2.05) is 33.0 Å². The van der Waals surface area contributed by atoms with Crippen molar-refractivity contribution in [1.29, 1.82) is 0 Å². The summed E-state index contributed by atoms with van der Waals surface area (Å²) in [6.45, 7) is 4.06. The number of halogens is 1. The summed E-state index contributed by atoms with van der Waals surface area (Å²) >= 11 is 5.26. The normalized spacial score (nSPS) is 12.3. The lowest BCUT2D eigenvalue weighted by molar-refractivity contribution is 0.383. The highest BCUT2D eigenvalue weighted by Gasteiger charge is 2.24. The van der Waals surface area contributed by atoms with Crippen molar-refractivity contribution in [2.45, 2.75) is 19.9 Å². The van der Waals surface area contributed by atoms with Crippen LogP contribution < -0.4 is 14.8 Å². The van der Waals surface area contributed by atoms with Crippen LogP contribution in [0.4, 0.5) is 0 Å². The van der Waals surface area contributed by atoms with E-state index < -0.39 is 0 Å². The molecule has 1 aromatic heterocycles. The minimum atomic E-state index is 0.0355. The first-order valence-electron chi connectivity index (χ1n) is 6.55. The zero-order chi connectivity index (χ0) is 15.6. The molecule has 0 fully saturated rings. The van der Waals surface area contributed by atoms with Gasteiger partial charge in [-0.3, -0.25) is 0 Å². The average molecular weight is 371 g/mol. The Bertz CT molecular complexity index is 643. The standard InChI is InChI=1S/C15H19BrN2O2S/c1-8-15(21-9(2)18-8)13(17-3)10-6-7-11(19-4)12(16)14(10)20-5/h6-7,13,17H,1-5H3. The summed E-state index contributed by atoms with van der Waals surface area (Å²) in [4.78, 5) is 5.72. The van der Waals surface area contributed by atoms with Crippen LogP contribution in [-0.2, 0) is 0 Å². The highest BCUT2D eigenvalue weighted by Crippen LogP contribution is 2.42. The van der Waals surface area contributed by atoms with E-state index in [-0.39, 0.29) is 6.04 Å². The summed E-state index contributed by atoms with van der Waals surface area (Å²) in [7, 11) is 5.25. The number of methoxy groups -OCH3 is 2. The van der Waals surface area contributed by atoms with E-state index >= 15 is 0 Å². The van der Waals surface area contributed by atoms with Crippen molar-refractivity contribution in [3.8, 4) is 11.5 Å². The maximum Gasteiger partial charge on any atom is 0.141 e. The topological polar surface area (TPSA) is 43.4 Å². The van der Waals surface area contributed by atoms with Gasteiger partial charge < -0.3 is 14.8 Å². The van der Waals surface area contributed by atoms with Gasteiger partial charge in [-0.25, -0.2) is 4.98 Å². The Kier molecular flexibility index (Phi) is 5.24. The van der Waals surface area contributed by atoms with Crippen LogP contribution in [0, 0.1) is 13.8 Å². The molecule has 0 spiro atoms. The van der Waals surface area contributed by atoms with Crippen molar-refractivity contribution >= 4 is 27.3 Å². The molecule has 1 atom stereocenters. The Hall–Kier alpha value is -1.11. The van der Waals surface area contributed by atoms with Crippen molar-refractivity contribution < 1.29 is 9.47 Å². The molecule has 0 saturated carbocycles. The van der Waals surface area contributed by atoms with E-state index in [2.05, 4.69) is 26.2 Å². The molecular formula is C15H19BrN2O2S. The van der Waals surface area contributed by atoms with Gasteiger partial charge in [-0.05, 0) is 49.0 Å². The quantitative estimate of drug-likeness (QED) is 0.867. The molecule has 0 aliphatic heterocycles. The fourth-order valence-corrected chi connectivity index (χ4v) is 4.13. The van der Waals surface area contributed by atoms with Gasteiger partial charge in [0.1, 0.15) is 16.0 Å². The third-order valence-corrected chi connectivity index (χ3v) is 5.21. The van der Waals surface area contributed by atoms with Crippen LogP contribution in [0.2, 0.25) is 0 Å². The van der Waals surface area contributed by atoms with Crippen LogP contribution in [0.1, 0.15) is 27.2 Å². The van der Waals surface area contributed by atoms with Crippen LogP contribution in [0.25, 0.3) is 0 Å². The summed E-state index contributed by atoms with van der Waals surface area (Å²) < 4.78 is 11.7. The first kappa shape index (κ1) is 16.3. The van der Waals surface area contributed by atoms with E-state index in [4.69, 9.17) is 9.47 Å². The number of nitrogens with zero attached hydrogens (tertiary/aromatic N) is 1. The van der Waals surface area contributed by atoms with Crippen molar-refractivity contribution in [2.75, 3.05) is 21.3 Å². The molecule has 6 heteroatoms. The molecule has 1 aromatic carbocycles. The molecule has 4 nitrogen and oxygen atoms in total. The van der Waals surface area contributed by atoms with E-state index in [0.717, 1.165) is 32.2 Å². The fourth-order valence-electron chi connectivity index (χ4n) is 2.39. The second-order valence-electron chi connectivity index (χ2n) is 4.61. The molecule has 0 aliphatic rings. The SMILES string of the molecule is CNC(c1ccc(OC)c(Br)c1OC)c1sc(C)nc1C. The monoisotopic (exact) mass is 370 g/mol. The molecule has 1 N–H and O–H groups in total. The van der Waals surface area contributed by atoms with E-state index in [1.54, 1.807) is 25.6 Å². The molecule has 0 bridgehead atoms. The van der Waals surface area contributed by atoms with Gasteiger partial charge in [0.15, 0.2) is 0 Å². The number of hydrogen-bond donors (Lipinski definition) is 1. The maximum atomic E-state index is 5.59. The summed E-state index contributed by atoms with van der Waals surface area (Å²) in [6.07, 6.45) is 0. The fraction of sp³-hybridized carbons (Fsp3) is 0.400. The average Bonchev–Trinajstić information content (AvgIpc) is 2.79. The number of thiazole rings is 1. The Morgan fingerprint density at radius 3 is 2.43 bits per heavy atom. The Morgan fingerprint density at radius 2 is 1.95 bits per heavy atom. The minimum Gasteiger partial charge on any atom is -0.495 e. The van der Waals surface area contributed by atoms with E-state index in [9.17, 15) is 0 Å². The third-order valence-electron chi connectivity index (χ3n) is 3.32. The van der Waals surface area contributed by atoms with Gasteiger partial charge in [0.25, 0.3) is 0 Å².